The Morgan fingerprint density at radius 2 is 1.86 bits per heavy atom. The van der Waals surface area contributed by atoms with E-state index in [1.807, 2.05) is 0 Å². The molecule has 28 heavy (non-hydrogen) atoms. The Labute approximate surface area is 158 Å². The number of nitrogens with zero attached hydrogens (tertiary/aromatic N) is 4. The maximum Gasteiger partial charge on any atom is 0.451 e. The zero-order valence-electron chi connectivity index (χ0n) is 15.0. The maximum atomic E-state index is 14.1. The number of alkyl halides is 3. The molecule has 5 nitrogen and oxygen atoms in total. The number of aromatic nitrogens is 3. The minimum atomic E-state index is -4.52. The van der Waals surface area contributed by atoms with E-state index in [9.17, 15) is 22.0 Å². The van der Waals surface area contributed by atoms with Crippen LogP contribution in [0.1, 0.15) is 42.4 Å². The van der Waals surface area contributed by atoms with Crippen LogP contribution in [0.3, 0.4) is 0 Å². The van der Waals surface area contributed by atoms with Gasteiger partial charge in [0.05, 0.1) is 6.54 Å². The fraction of sp³-hybridized carbons (Fsp3) is 0.556. The van der Waals surface area contributed by atoms with Gasteiger partial charge < -0.3 is 10.3 Å². The molecule has 1 aromatic heterocycles. The van der Waals surface area contributed by atoms with Crippen molar-refractivity contribution in [3.8, 4) is 0 Å². The molecular formula is C18H20F5N5. The standard InChI is InChI=1S/C18H20F5N5/c19-10-1-4-14(20)13(7-10)12-3-2-11(8-15(12)24)27-5-6-28-16(9-27)25-26-17(28)18(21,22)23/h1,4,7,11-12,15H,2-3,5-6,8-9,24H2. The van der Waals surface area contributed by atoms with Gasteiger partial charge in [0, 0.05) is 31.1 Å². The van der Waals surface area contributed by atoms with Crippen molar-refractivity contribution in [1.82, 2.24) is 19.7 Å². The van der Waals surface area contributed by atoms with Crippen LogP contribution >= 0.6 is 0 Å². The zero-order valence-corrected chi connectivity index (χ0v) is 15.0. The normalized spacial score (nSPS) is 26.3. The van der Waals surface area contributed by atoms with Crippen LogP contribution in [0.25, 0.3) is 0 Å². The topological polar surface area (TPSA) is 60.0 Å². The summed E-state index contributed by atoms with van der Waals surface area (Å²) in [5.41, 5.74) is 6.58. The second-order valence-corrected chi connectivity index (χ2v) is 7.46. The lowest BCUT2D eigenvalue weighted by Gasteiger charge is -2.41. The minimum Gasteiger partial charge on any atom is -0.327 e. The van der Waals surface area contributed by atoms with Crippen molar-refractivity contribution in [1.29, 1.82) is 0 Å². The summed E-state index contributed by atoms with van der Waals surface area (Å²) in [4.78, 5) is 2.06. The number of hydrogen-bond acceptors (Lipinski definition) is 4. The highest BCUT2D eigenvalue weighted by molar-refractivity contribution is 5.25. The largest absolute Gasteiger partial charge is 0.451 e. The van der Waals surface area contributed by atoms with Gasteiger partial charge in [-0.3, -0.25) is 4.90 Å². The molecule has 2 heterocycles. The van der Waals surface area contributed by atoms with Crippen molar-refractivity contribution in [3.05, 3.63) is 47.0 Å². The van der Waals surface area contributed by atoms with E-state index in [0.29, 0.717) is 31.4 Å². The molecule has 2 N–H and O–H groups in total. The van der Waals surface area contributed by atoms with Crippen molar-refractivity contribution in [2.24, 2.45) is 5.73 Å². The van der Waals surface area contributed by atoms with Gasteiger partial charge in [-0.2, -0.15) is 13.2 Å². The quantitative estimate of drug-likeness (QED) is 0.786. The van der Waals surface area contributed by atoms with Crippen molar-refractivity contribution < 1.29 is 22.0 Å². The molecule has 1 aromatic carbocycles. The van der Waals surface area contributed by atoms with Gasteiger partial charge >= 0.3 is 6.18 Å². The summed E-state index contributed by atoms with van der Waals surface area (Å²) in [6.45, 7) is 0.856. The van der Waals surface area contributed by atoms with Gasteiger partial charge in [0.15, 0.2) is 0 Å². The lowest BCUT2D eigenvalue weighted by atomic mass is 9.77. The van der Waals surface area contributed by atoms with Gasteiger partial charge in [0.2, 0.25) is 5.82 Å². The number of fused-ring (bicyclic) bond motifs is 1. The van der Waals surface area contributed by atoms with Crippen LogP contribution in [-0.2, 0) is 19.3 Å². The number of benzene rings is 1. The Morgan fingerprint density at radius 1 is 1.07 bits per heavy atom. The third-order valence-electron chi connectivity index (χ3n) is 5.78. The molecule has 0 spiro atoms. The molecule has 4 rings (SSSR count). The van der Waals surface area contributed by atoms with Crippen LogP contribution < -0.4 is 5.73 Å². The van der Waals surface area contributed by atoms with Crippen LogP contribution in [0.5, 0.6) is 0 Å². The Balaban J connectivity index is 1.45. The summed E-state index contributed by atoms with van der Waals surface area (Å²) >= 11 is 0. The van der Waals surface area contributed by atoms with Crippen molar-refractivity contribution in [3.63, 3.8) is 0 Å². The Kier molecular flexibility index (Phi) is 4.86. The van der Waals surface area contributed by atoms with E-state index >= 15 is 0 Å². The first-order valence-electron chi connectivity index (χ1n) is 9.18. The molecule has 2 aliphatic rings. The summed E-state index contributed by atoms with van der Waals surface area (Å²) in [6, 6.07) is 3.08. The summed E-state index contributed by atoms with van der Waals surface area (Å²) < 4.78 is 67.6. The van der Waals surface area contributed by atoms with Crippen LogP contribution in [0, 0.1) is 11.6 Å². The highest BCUT2D eigenvalue weighted by Crippen LogP contribution is 2.37. The van der Waals surface area contributed by atoms with E-state index in [2.05, 4.69) is 15.1 Å². The van der Waals surface area contributed by atoms with Crippen molar-refractivity contribution in [2.45, 2.75) is 56.5 Å². The van der Waals surface area contributed by atoms with Crippen molar-refractivity contribution >= 4 is 0 Å². The van der Waals surface area contributed by atoms with E-state index in [1.54, 1.807) is 0 Å². The minimum absolute atomic E-state index is 0.0580. The first-order chi connectivity index (χ1) is 13.2. The highest BCUT2D eigenvalue weighted by atomic mass is 19.4. The van der Waals surface area contributed by atoms with Crippen LogP contribution in [0.2, 0.25) is 0 Å². The number of nitrogens with two attached hydrogens (primary N) is 1. The van der Waals surface area contributed by atoms with Crippen molar-refractivity contribution in [2.75, 3.05) is 6.54 Å². The van der Waals surface area contributed by atoms with Gasteiger partial charge in [-0.25, -0.2) is 8.78 Å². The molecular weight excluding hydrogens is 381 g/mol. The summed E-state index contributed by atoms with van der Waals surface area (Å²) in [6.07, 6.45) is -2.68. The fourth-order valence-electron chi connectivity index (χ4n) is 4.40. The summed E-state index contributed by atoms with van der Waals surface area (Å²) in [7, 11) is 0. The summed E-state index contributed by atoms with van der Waals surface area (Å²) in [5.74, 6) is -1.93. The Morgan fingerprint density at radius 3 is 2.57 bits per heavy atom. The average molecular weight is 401 g/mol. The van der Waals surface area contributed by atoms with Crippen LogP contribution in [-0.4, -0.2) is 38.3 Å². The molecule has 1 aliphatic heterocycles. The smallest absolute Gasteiger partial charge is 0.327 e. The third kappa shape index (κ3) is 3.50. The Bertz CT molecular complexity index is 865. The van der Waals surface area contributed by atoms with Gasteiger partial charge in [0.25, 0.3) is 0 Å². The lowest BCUT2D eigenvalue weighted by molar-refractivity contribution is -0.148. The molecule has 1 saturated carbocycles. The first-order valence-corrected chi connectivity index (χ1v) is 9.18. The molecule has 0 saturated heterocycles. The highest BCUT2D eigenvalue weighted by Gasteiger charge is 2.41. The predicted octanol–water partition coefficient (Wildman–Crippen LogP) is 3.05. The Hall–Kier alpha value is -2.07. The molecule has 0 radical (unpaired) electrons. The number of halogens is 5. The summed E-state index contributed by atoms with van der Waals surface area (Å²) in [5, 5.41) is 6.99. The average Bonchev–Trinajstić information content (AvgIpc) is 3.07. The fourth-order valence-corrected chi connectivity index (χ4v) is 4.40. The molecule has 10 heteroatoms. The molecule has 3 unspecified atom stereocenters. The van der Waals surface area contributed by atoms with Crippen LogP contribution in [0.15, 0.2) is 18.2 Å². The first kappa shape index (κ1) is 19.3. The maximum absolute atomic E-state index is 14.1. The van der Waals surface area contributed by atoms with E-state index < -0.39 is 23.6 Å². The van der Waals surface area contributed by atoms with Crippen LogP contribution in [0.4, 0.5) is 22.0 Å². The van der Waals surface area contributed by atoms with Gasteiger partial charge in [-0.15, -0.1) is 10.2 Å². The number of rotatable bonds is 2. The monoisotopic (exact) mass is 401 g/mol. The van der Waals surface area contributed by atoms with E-state index in [1.165, 1.54) is 6.07 Å². The van der Waals surface area contributed by atoms with E-state index in [4.69, 9.17) is 5.73 Å². The molecule has 0 amide bonds. The molecule has 1 aliphatic carbocycles. The second kappa shape index (κ2) is 7.07. The molecule has 3 atom stereocenters. The third-order valence-corrected chi connectivity index (χ3v) is 5.78. The zero-order chi connectivity index (χ0) is 20.1. The van der Waals surface area contributed by atoms with E-state index in [0.717, 1.165) is 16.7 Å². The SMILES string of the molecule is NC1CC(N2CCn3c(nnc3C(F)(F)F)C2)CCC1c1cc(F)ccc1F. The van der Waals surface area contributed by atoms with Gasteiger partial charge in [0.1, 0.15) is 17.5 Å². The predicted molar refractivity (Wildman–Crippen MR) is 90.1 cm³/mol. The lowest BCUT2D eigenvalue weighted by Crippen LogP contribution is -2.48. The molecule has 152 valence electrons. The van der Waals surface area contributed by atoms with Gasteiger partial charge in [-0.1, -0.05) is 0 Å². The number of hydrogen-bond donors (Lipinski definition) is 1. The van der Waals surface area contributed by atoms with E-state index in [-0.39, 0.29) is 36.9 Å². The second-order valence-electron chi connectivity index (χ2n) is 7.46. The molecule has 0 bridgehead atoms. The molecule has 2 aromatic rings. The van der Waals surface area contributed by atoms with Gasteiger partial charge in [-0.05, 0) is 43.0 Å². The molecule has 1 fully saturated rings.